The van der Waals surface area contributed by atoms with Crippen LogP contribution in [0.4, 0.5) is 0 Å². The van der Waals surface area contributed by atoms with E-state index in [-0.39, 0.29) is 17.2 Å². The van der Waals surface area contributed by atoms with Gasteiger partial charge in [-0.15, -0.1) is 0 Å². The summed E-state index contributed by atoms with van der Waals surface area (Å²) in [5, 5.41) is 3.16. The number of amides is 2. The zero-order valence-corrected chi connectivity index (χ0v) is 20.3. The Labute approximate surface area is 198 Å². The van der Waals surface area contributed by atoms with Gasteiger partial charge in [0.2, 0.25) is 11.8 Å². The maximum absolute atomic E-state index is 13.1. The maximum Gasteiger partial charge on any atom is 0.226 e. The normalized spacial score (nSPS) is 31.0. The maximum atomic E-state index is 13.1. The van der Waals surface area contributed by atoms with Crippen LogP contribution in [0.5, 0.6) is 5.75 Å². The molecule has 1 heterocycles. The highest BCUT2D eigenvalue weighted by Gasteiger charge is 2.54. The van der Waals surface area contributed by atoms with Crippen molar-refractivity contribution in [2.24, 2.45) is 23.2 Å². The molecular formula is C27H39N3O3. The molecule has 0 unspecified atom stereocenters. The van der Waals surface area contributed by atoms with E-state index >= 15 is 0 Å². The Morgan fingerprint density at radius 3 is 2.27 bits per heavy atom. The molecule has 1 aromatic carbocycles. The molecule has 6 heteroatoms. The van der Waals surface area contributed by atoms with Crippen LogP contribution in [-0.4, -0.2) is 61.4 Å². The number of methoxy groups -OCH3 is 1. The van der Waals surface area contributed by atoms with Crippen molar-refractivity contribution in [3.8, 4) is 5.75 Å². The van der Waals surface area contributed by atoms with Gasteiger partial charge in [0.15, 0.2) is 0 Å². The number of ether oxygens (including phenoxy) is 1. The molecule has 6 rings (SSSR count). The summed E-state index contributed by atoms with van der Waals surface area (Å²) >= 11 is 0. The van der Waals surface area contributed by atoms with Crippen molar-refractivity contribution in [3.63, 3.8) is 0 Å². The van der Waals surface area contributed by atoms with E-state index in [4.69, 9.17) is 4.74 Å². The Balaban J connectivity index is 1.06. The summed E-state index contributed by atoms with van der Waals surface area (Å²) in [6.07, 6.45) is 7.66. The Hall–Kier alpha value is -2.08. The van der Waals surface area contributed by atoms with Gasteiger partial charge in [-0.1, -0.05) is 17.7 Å². The van der Waals surface area contributed by atoms with Crippen molar-refractivity contribution in [1.29, 1.82) is 0 Å². The first kappa shape index (κ1) is 22.7. The van der Waals surface area contributed by atoms with Gasteiger partial charge in [-0.05, 0) is 69.3 Å². The lowest BCUT2D eigenvalue weighted by Crippen LogP contribution is -2.54. The molecule has 180 valence electrons. The first-order valence-electron chi connectivity index (χ1n) is 12.9. The standard InChI is InChI=1S/C27H39N3O3/c1-19-3-4-24(33-2)23(11-19)18-29-7-9-30(10-8-29)25(31)5-6-28-26(32)27-15-20-12-21(16-27)14-22(13-20)17-27/h3-4,11,20-22H,5-10,12-18H2,1-2H3,(H,28,32). The lowest BCUT2D eigenvalue weighted by atomic mass is 9.49. The van der Waals surface area contributed by atoms with E-state index in [0.29, 0.717) is 13.0 Å². The molecule has 5 fully saturated rings. The molecule has 0 spiro atoms. The fourth-order valence-electron chi connectivity index (χ4n) is 7.44. The van der Waals surface area contributed by atoms with Crippen LogP contribution in [0, 0.1) is 30.1 Å². The van der Waals surface area contributed by atoms with Crippen molar-refractivity contribution in [1.82, 2.24) is 15.1 Å². The van der Waals surface area contributed by atoms with Crippen LogP contribution in [0.2, 0.25) is 0 Å². The van der Waals surface area contributed by atoms with E-state index in [2.05, 4.69) is 29.3 Å². The number of carbonyl (C=O) groups excluding carboxylic acids is 2. The number of nitrogens with one attached hydrogen (secondary N) is 1. The number of aryl methyl sites for hydroxylation is 1. The van der Waals surface area contributed by atoms with Gasteiger partial charge in [-0.3, -0.25) is 14.5 Å². The van der Waals surface area contributed by atoms with Crippen molar-refractivity contribution in [2.75, 3.05) is 39.8 Å². The Bertz CT molecular complexity index is 855. The second-order valence-electron chi connectivity index (χ2n) is 11.2. The van der Waals surface area contributed by atoms with Crippen LogP contribution in [0.15, 0.2) is 18.2 Å². The fraction of sp³-hybridized carbons (Fsp3) is 0.704. The number of rotatable bonds is 7. The van der Waals surface area contributed by atoms with Gasteiger partial charge in [0, 0.05) is 56.7 Å². The van der Waals surface area contributed by atoms with Crippen LogP contribution in [-0.2, 0) is 16.1 Å². The largest absolute Gasteiger partial charge is 0.496 e. The molecule has 2 amide bonds. The topological polar surface area (TPSA) is 61.9 Å². The second kappa shape index (κ2) is 9.28. The van der Waals surface area contributed by atoms with Crippen molar-refractivity contribution >= 4 is 11.8 Å². The predicted molar refractivity (Wildman–Crippen MR) is 128 cm³/mol. The highest BCUT2D eigenvalue weighted by Crippen LogP contribution is 2.60. The van der Waals surface area contributed by atoms with Gasteiger partial charge >= 0.3 is 0 Å². The van der Waals surface area contributed by atoms with E-state index in [0.717, 1.165) is 75.5 Å². The molecule has 4 aliphatic carbocycles. The fourth-order valence-corrected chi connectivity index (χ4v) is 7.44. The summed E-state index contributed by atoms with van der Waals surface area (Å²) in [5.74, 6) is 3.60. The lowest BCUT2D eigenvalue weighted by Gasteiger charge is -2.55. The van der Waals surface area contributed by atoms with E-state index in [1.165, 1.54) is 30.4 Å². The zero-order valence-electron chi connectivity index (χ0n) is 20.3. The van der Waals surface area contributed by atoms with Crippen LogP contribution >= 0.6 is 0 Å². The average Bonchev–Trinajstić information content (AvgIpc) is 2.79. The summed E-state index contributed by atoms with van der Waals surface area (Å²) < 4.78 is 5.52. The van der Waals surface area contributed by atoms with Gasteiger partial charge in [-0.2, -0.15) is 0 Å². The van der Waals surface area contributed by atoms with Crippen LogP contribution in [0.25, 0.3) is 0 Å². The smallest absolute Gasteiger partial charge is 0.226 e. The third kappa shape index (κ3) is 4.77. The van der Waals surface area contributed by atoms with Gasteiger partial charge in [0.1, 0.15) is 5.75 Å². The van der Waals surface area contributed by atoms with Crippen LogP contribution in [0.1, 0.15) is 56.1 Å². The number of benzene rings is 1. The van der Waals surface area contributed by atoms with Gasteiger partial charge in [0.25, 0.3) is 0 Å². The van der Waals surface area contributed by atoms with Crippen LogP contribution in [0.3, 0.4) is 0 Å². The van der Waals surface area contributed by atoms with E-state index < -0.39 is 0 Å². The summed E-state index contributed by atoms with van der Waals surface area (Å²) in [7, 11) is 1.72. The molecule has 0 atom stereocenters. The highest BCUT2D eigenvalue weighted by atomic mass is 16.5. The summed E-state index contributed by atoms with van der Waals surface area (Å²) in [6, 6.07) is 6.28. The average molecular weight is 454 g/mol. The summed E-state index contributed by atoms with van der Waals surface area (Å²) in [6.45, 7) is 6.63. The molecule has 0 radical (unpaired) electrons. The minimum Gasteiger partial charge on any atom is -0.496 e. The number of carbonyl (C=O) groups is 2. The highest BCUT2D eigenvalue weighted by molar-refractivity contribution is 5.84. The molecule has 4 bridgehead atoms. The Kier molecular flexibility index (Phi) is 6.39. The van der Waals surface area contributed by atoms with Crippen molar-refractivity contribution in [2.45, 2.75) is 58.4 Å². The lowest BCUT2D eigenvalue weighted by molar-refractivity contribution is -0.146. The van der Waals surface area contributed by atoms with E-state index in [1.807, 2.05) is 11.0 Å². The molecule has 4 saturated carbocycles. The summed E-state index contributed by atoms with van der Waals surface area (Å²) in [5.41, 5.74) is 2.31. The number of piperazine rings is 1. The molecule has 1 aromatic rings. The van der Waals surface area contributed by atoms with Crippen molar-refractivity contribution in [3.05, 3.63) is 29.3 Å². The molecule has 6 nitrogen and oxygen atoms in total. The molecule has 5 aliphatic rings. The molecule has 33 heavy (non-hydrogen) atoms. The predicted octanol–water partition coefficient (Wildman–Crippen LogP) is 3.37. The van der Waals surface area contributed by atoms with E-state index in [9.17, 15) is 9.59 Å². The third-order valence-corrected chi connectivity index (χ3v) is 8.70. The number of nitrogens with zero attached hydrogens (tertiary/aromatic N) is 2. The Morgan fingerprint density at radius 1 is 1.03 bits per heavy atom. The van der Waals surface area contributed by atoms with Gasteiger partial charge in [-0.25, -0.2) is 0 Å². The molecule has 1 aliphatic heterocycles. The summed E-state index contributed by atoms with van der Waals surface area (Å²) in [4.78, 5) is 30.2. The first-order valence-corrected chi connectivity index (χ1v) is 12.9. The van der Waals surface area contributed by atoms with Crippen molar-refractivity contribution < 1.29 is 14.3 Å². The van der Waals surface area contributed by atoms with Crippen LogP contribution < -0.4 is 10.1 Å². The minimum atomic E-state index is -0.125. The van der Waals surface area contributed by atoms with Gasteiger partial charge < -0.3 is 15.0 Å². The molecule has 1 saturated heterocycles. The third-order valence-electron chi connectivity index (χ3n) is 8.70. The zero-order chi connectivity index (χ0) is 23.0. The second-order valence-corrected chi connectivity index (χ2v) is 11.2. The Morgan fingerprint density at radius 2 is 1.67 bits per heavy atom. The number of hydrogen-bond acceptors (Lipinski definition) is 4. The number of hydrogen-bond donors (Lipinski definition) is 1. The molecular weight excluding hydrogens is 414 g/mol. The first-order chi connectivity index (χ1) is 15.9. The van der Waals surface area contributed by atoms with E-state index in [1.54, 1.807) is 7.11 Å². The molecule has 0 aromatic heterocycles. The van der Waals surface area contributed by atoms with Gasteiger partial charge in [0.05, 0.1) is 7.11 Å². The molecule has 1 N–H and O–H groups in total. The quantitative estimate of drug-likeness (QED) is 0.688. The monoisotopic (exact) mass is 453 g/mol. The minimum absolute atomic E-state index is 0.125. The SMILES string of the molecule is COc1ccc(C)cc1CN1CCN(C(=O)CCNC(=O)C23CC4CC(CC(C4)C2)C3)CC1.